The molecule has 1 aliphatic heterocycles. The Balaban J connectivity index is 1.31. The van der Waals surface area contributed by atoms with E-state index < -0.39 is 11.1 Å². The molecule has 0 bridgehead atoms. The largest absolute Gasteiger partial charge is 0.324 e. The topological polar surface area (TPSA) is 95.4 Å². The molecule has 0 saturated carbocycles. The van der Waals surface area contributed by atoms with Crippen molar-refractivity contribution in [2.24, 2.45) is 5.92 Å². The van der Waals surface area contributed by atoms with Crippen LogP contribution in [0.15, 0.2) is 53.6 Å². The molecule has 1 aliphatic rings. The molecule has 2 N–H and O–H groups in total. The van der Waals surface area contributed by atoms with Gasteiger partial charge in [-0.05, 0) is 74.4 Å². The smallest absolute Gasteiger partial charge is 0.227 e. The Labute approximate surface area is 222 Å². The van der Waals surface area contributed by atoms with Crippen molar-refractivity contribution in [1.82, 2.24) is 14.9 Å². The number of nitrogens with one attached hydrogen (secondary N) is 1. The first-order chi connectivity index (χ1) is 17.7. The summed E-state index contributed by atoms with van der Waals surface area (Å²) in [5, 5.41) is 3.35. The van der Waals surface area contributed by atoms with Gasteiger partial charge in [-0.1, -0.05) is 32.0 Å². The zero-order valence-electron chi connectivity index (χ0n) is 22.0. The van der Waals surface area contributed by atoms with Crippen LogP contribution in [0.2, 0.25) is 0 Å². The van der Waals surface area contributed by atoms with Gasteiger partial charge in [-0.3, -0.25) is 9.69 Å². The Hall–Kier alpha value is -2.94. The van der Waals surface area contributed by atoms with Crippen LogP contribution < -0.4 is 5.32 Å². The Morgan fingerprint density at radius 2 is 1.84 bits per heavy atom. The van der Waals surface area contributed by atoms with E-state index in [4.69, 9.17) is 9.54 Å². The molecule has 2 aromatic carbocycles. The maximum atomic E-state index is 12.6. The second kappa shape index (κ2) is 12.1. The molecule has 3 atom stereocenters. The number of Topliss-reactive ketones (excluding diaryl/α,β-unsaturated/α-hetero) is 1. The first-order valence-corrected chi connectivity index (χ1v) is 14.0. The molecular weight excluding hydrogens is 484 g/mol. The number of aromatic nitrogens is 2. The number of aryl methyl sites for hydroxylation is 2. The van der Waals surface area contributed by atoms with Crippen molar-refractivity contribution in [2.45, 2.75) is 77.4 Å². The normalized spacial score (nSPS) is 15.7. The van der Waals surface area contributed by atoms with Gasteiger partial charge in [0.2, 0.25) is 5.95 Å². The van der Waals surface area contributed by atoms with Crippen LogP contribution in [-0.4, -0.2) is 35.5 Å². The molecule has 3 aromatic rings. The molecule has 2 heterocycles. The summed E-state index contributed by atoms with van der Waals surface area (Å²) < 4.78 is 20.3. The predicted molar refractivity (Wildman–Crippen MR) is 147 cm³/mol. The van der Waals surface area contributed by atoms with Gasteiger partial charge >= 0.3 is 0 Å². The van der Waals surface area contributed by atoms with E-state index in [1.54, 1.807) is 12.1 Å². The summed E-state index contributed by atoms with van der Waals surface area (Å²) in [6.45, 7) is 10.3. The van der Waals surface area contributed by atoms with Crippen molar-refractivity contribution in [3.63, 3.8) is 0 Å². The monoisotopic (exact) mass is 520 g/mol. The highest BCUT2D eigenvalue weighted by atomic mass is 32.2. The molecule has 3 unspecified atom stereocenters. The standard InChI is InChI=1S/C29H36N4O3S/c1-5-25(15-19(2)6-11-28(34)22-7-9-26(10-8-22)37(35)36)33-17-23-16-30-29(32-27(23)18-33)31-24-13-20(3)12-21(4)14-24/h7-10,12-14,16,19,25H,5-6,11,15,17-18H2,1-4H3,(H,35,36)(H,30,31,32). The minimum absolute atomic E-state index is 0.0721. The van der Waals surface area contributed by atoms with Crippen LogP contribution in [0.4, 0.5) is 11.6 Å². The molecule has 8 heteroatoms. The molecule has 0 fully saturated rings. The third kappa shape index (κ3) is 7.09. The lowest BCUT2D eigenvalue weighted by molar-refractivity contribution is 0.0968. The molecule has 0 radical (unpaired) electrons. The van der Waals surface area contributed by atoms with Gasteiger partial charge in [0, 0.05) is 48.6 Å². The SMILES string of the molecule is CCC(CC(C)CCC(=O)c1ccc(S(=O)O)cc1)N1Cc2cnc(Nc3cc(C)cc(C)c3)nc2C1. The lowest BCUT2D eigenvalue weighted by Crippen LogP contribution is -2.31. The van der Waals surface area contributed by atoms with Gasteiger partial charge in [-0.15, -0.1) is 0 Å². The number of ketones is 1. The number of rotatable bonds is 11. The quantitative estimate of drug-likeness (QED) is 0.229. The molecule has 196 valence electrons. The van der Waals surface area contributed by atoms with Gasteiger partial charge in [0.05, 0.1) is 10.6 Å². The molecule has 7 nitrogen and oxygen atoms in total. The third-order valence-electron chi connectivity index (χ3n) is 7.06. The number of nitrogens with zero attached hydrogens (tertiary/aromatic N) is 3. The summed E-state index contributed by atoms with van der Waals surface area (Å²) in [5.74, 6) is 1.10. The number of anilines is 2. The molecule has 0 spiro atoms. The minimum atomic E-state index is -2.03. The first-order valence-electron chi connectivity index (χ1n) is 12.9. The van der Waals surface area contributed by atoms with E-state index in [0.717, 1.165) is 43.7 Å². The van der Waals surface area contributed by atoms with E-state index in [2.05, 4.69) is 61.1 Å². The minimum Gasteiger partial charge on any atom is -0.324 e. The highest BCUT2D eigenvalue weighted by Crippen LogP contribution is 2.29. The van der Waals surface area contributed by atoms with Crippen molar-refractivity contribution in [3.8, 4) is 0 Å². The molecular formula is C29H36N4O3S. The maximum absolute atomic E-state index is 12.6. The number of fused-ring (bicyclic) bond motifs is 1. The van der Waals surface area contributed by atoms with Crippen LogP contribution in [-0.2, 0) is 24.2 Å². The molecule has 0 amide bonds. The Kier molecular flexibility index (Phi) is 8.84. The van der Waals surface area contributed by atoms with Gasteiger partial charge in [-0.2, -0.15) is 0 Å². The van der Waals surface area contributed by atoms with Gasteiger partial charge in [0.25, 0.3) is 0 Å². The van der Waals surface area contributed by atoms with Crippen molar-refractivity contribution < 1.29 is 13.6 Å². The van der Waals surface area contributed by atoms with Crippen LogP contribution in [0.5, 0.6) is 0 Å². The third-order valence-corrected chi connectivity index (χ3v) is 7.74. The van der Waals surface area contributed by atoms with Crippen molar-refractivity contribution in [3.05, 3.63) is 76.6 Å². The number of hydrogen-bond acceptors (Lipinski definition) is 6. The Bertz CT molecular complexity index is 1260. The average molecular weight is 521 g/mol. The lowest BCUT2D eigenvalue weighted by Gasteiger charge is -2.28. The molecule has 0 aliphatic carbocycles. The van der Waals surface area contributed by atoms with Crippen LogP contribution in [0, 0.1) is 19.8 Å². The summed E-state index contributed by atoms with van der Waals surface area (Å²) in [6.07, 6.45) is 5.28. The molecule has 1 aromatic heterocycles. The fraction of sp³-hybridized carbons (Fsp3) is 0.414. The lowest BCUT2D eigenvalue weighted by atomic mass is 9.93. The van der Waals surface area contributed by atoms with Crippen molar-refractivity contribution >= 4 is 28.5 Å². The summed E-state index contributed by atoms with van der Waals surface area (Å²) >= 11 is -2.03. The number of carbonyl (C=O) groups is 1. The average Bonchev–Trinajstić information content (AvgIpc) is 3.28. The van der Waals surface area contributed by atoms with E-state index in [0.29, 0.717) is 34.8 Å². The second-order valence-corrected chi connectivity index (χ2v) is 11.2. The van der Waals surface area contributed by atoms with E-state index in [1.807, 2.05) is 6.20 Å². The van der Waals surface area contributed by atoms with E-state index in [-0.39, 0.29) is 5.78 Å². The highest BCUT2D eigenvalue weighted by molar-refractivity contribution is 7.79. The molecule has 37 heavy (non-hydrogen) atoms. The fourth-order valence-corrected chi connectivity index (χ4v) is 5.48. The van der Waals surface area contributed by atoms with Crippen molar-refractivity contribution in [1.29, 1.82) is 0 Å². The first kappa shape index (κ1) is 27.1. The zero-order valence-corrected chi connectivity index (χ0v) is 22.8. The number of benzene rings is 2. The summed E-state index contributed by atoms with van der Waals surface area (Å²) in [6, 6.07) is 13.1. The molecule has 4 rings (SSSR count). The van der Waals surface area contributed by atoms with Gasteiger partial charge in [-0.25, -0.2) is 14.2 Å². The second-order valence-electron chi connectivity index (χ2n) is 10.2. The van der Waals surface area contributed by atoms with Crippen molar-refractivity contribution in [2.75, 3.05) is 5.32 Å². The van der Waals surface area contributed by atoms with Gasteiger partial charge in [0.1, 0.15) is 0 Å². The highest BCUT2D eigenvalue weighted by Gasteiger charge is 2.28. The fourth-order valence-electron chi connectivity index (χ4n) is 5.11. The van der Waals surface area contributed by atoms with Gasteiger partial charge < -0.3 is 9.87 Å². The number of hydrogen-bond donors (Lipinski definition) is 2. The van der Waals surface area contributed by atoms with E-state index in [1.165, 1.54) is 28.8 Å². The Morgan fingerprint density at radius 1 is 1.14 bits per heavy atom. The summed E-state index contributed by atoms with van der Waals surface area (Å²) in [7, 11) is 0. The van der Waals surface area contributed by atoms with Crippen LogP contribution in [0.25, 0.3) is 0 Å². The van der Waals surface area contributed by atoms with Crippen LogP contribution in [0.3, 0.4) is 0 Å². The maximum Gasteiger partial charge on any atom is 0.227 e. The summed E-state index contributed by atoms with van der Waals surface area (Å²) in [4.78, 5) is 24.8. The Morgan fingerprint density at radius 3 is 2.49 bits per heavy atom. The van der Waals surface area contributed by atoms with E-state index >= 15 is 0 Å². The molecule has 0 saturated heterocycles. The van der Waals surface area contributed by atoms with E-state index in [9.17, 15) is 9.00 Å². The number of carbonyl (C=O) groups excluding carboxylic acids is 1. The van der Waals surface area contributed by atoms with Crippen LogP contribution in [0.1, 0.15) is 72.3 Å². The predicted octanol–water partition coefficient (Wildman–Crippen LogP) is 6.20. The van der Waals surface area contributed by atoms with Crippen LogP contribution >= 0.6 is 0 Å². The summed E-state index contributed by atoms with van der Waals surface area (Å²) in [5.41, 5.74) is 6.26. The zero-order chi connectivity index (χ0) is 26.5. The van der Waals surface area contributed by atoms with Gasteiger partial charge in [0.15, 0.2) is 16.9 Å².